The lowest BCUT2D eigenvalue weighted by Crippen LogP contribution is -2.13. The summed E-state index contributed by atoms with van der Waals surface area (Å²) in [6.45, 7) is 0. The molecule has 1 saturated carbocycles. The summed E-state index contributed by atoms with van der Waals surface area (Å²) >= 11 is 0. The summed E-state index contributed by atoms with van der Waals surface area (Å²) < 4.78 is 10.7. The van der Waals surface area contributed by atoms with Crippen molar-refractivity contribution in [2.45, 2.75) is 31.3 Å². The summed E-state index contributed by atoms with van der Waals surface area (Å²) in [6, 6.07) is 5.74. The van der Waals surface area contributed by atoms with Gasteiger partial charge in [-0.15, -0.1) is 0 Å². The van der Waals surface area contributed by atoms with Crippen LogP contribution in [0, 0.1) is 0 Å². The van der Waals surface area contributed by atoms with E-state index in [1.165, 1.54) is 0 Å². The molecule has 0 radical (unpaired) electrons. The van der Waals surface area contributed by atoms with Gasteiger partial charge in [-0.05, 0) is 25.0 Å². The van der Waals surface area contributed by atoms with Crippen LogP contribution in [0.1, 0.15) is 30.7 Å². The number of aliphatic hydroxyl groups excluding tert-OH is 1. The second-order valence-corrected chi connectivity index (χ2v) is 4.18. The van der Waals surface area contributed by atoms with Crippen LogP contribution >= 0.6 is 0 Å². The van der Waals surface area contributed by atoms with Crippen LogP contribution in [-0.2, 0) is 0 Å². The fourth-order valence-corrected chi connectivity index (χ4v) is 2.52. The molecule has 2 unspecified atom stereocenters. The van der Waals surface area contributed by atoms with Gasteiger partial charge in [-0.25, -0.2) is 0 Å². The standard InChI is InChI=1S/C13H18O3/c1-15-11-7-4-8-12(16-2)13(11)9-5-3-6-10(9)14/h4,7-10,14H,3,5-6H2,1-2H3. The molecule has 1 aliphatic rings. The Hall–Kier alpha value is -1.22. The van der Waals surface area contributed by atoms with Crippen LogP contribution in [0.25, 0.3) is 0 Å². The van der Waals surface area contributed by atoms with Crippen LogP contribution in [0.15, 0.2) is 18.2 Å². The third kappa shape index (κ3) is 1.87. The molecule has 16 heavy (non-hydrogen) atoms. The van der Waals surface area contributed by atoms with Crippen molar-refractivity contribution >= 4 is 0 Å². The van der Waals surface area contributed by atoms with Crippen molar-refractivity contribution < 1.29 is 14.6 Å². The fourth-order valence-electron chi connectivity index (χ4n) is 2.52. The highest BCUT2D eigenvalue weighted by atomic mass is 16.5. The molecular formula is C13H18O3. The lowest BCUT2D eigenvalue weighted by atomic mass is 9.94. The highest BCUT2D eigenvalue weighted by Crippen LogP contribution is 2.43. The van der Waals surface area contributed by atoms with Crippen LogP contribution in [0.4, 0.5) is 0 Å². The number of benzene rings is 1. The fraction of sp³-hybridized carbons (Fsp3) is 0.538. The normalized spacial score (nSPS) is 24.4. The predicted molar refractivity (Wildman–Crippen MR) is 62.1 cm³/mol. The van der Waals surface area contributed by atoms with Crippen LogP contribution in [0.5, 0.6) is 11.5 Å². The predicted octanol–water partition coefficient (Wildman–Crippen LogP) is 2.33. The number of hydrogen-bond acceptors (Lipinski definition) is 3. The van der Waals surface area contributed by atoms with Crippen LogP contribution in [0.2, 0.25) is 0 Å². The monoisotopic (exact) mass is 222 g/mol. The van der Waals surface area contributed by atoms with Crippen molar-refractivity contribution in [1.82, 2.24) is 0 Å². The molecule has 0 heterocycles. The van der Waals surface area contributed by atoms with Gasteiger partial charge in [0.1, 0.15) is 11.5 Å². The van der Waals surface area contributed by atoms with Gasteiger partial charge in [0, 0.05) is 11.5 Å². The number of aliphatic hydroxyl groups is 1. The Kier molecular flexibility index (Phi) is 3.34. The van der Waals surface area contributed by atoms with E-state index in [9.17, 15) is 5.11 Å². The maximum atomic E-state index is 9.97. The summed E-state index contributed by atoms with van der Waals surface area (Å²) in [4.78, 5) is 0. The van der Waals surface area contributed by atoms with Crippen molar-refractivity contribution in [3.8, 4) is 11.5 Å². The maximum absolute atomic E-state index is 9.97. The van der Waals surface area contributed by atoms with E-state index in [0.29, 0.717) is 0 Å². The highest BCUT2D eigenvalue weighted by Gasteiger charge is 2.31. The summed E-state index contributed by atoms with van der Waals surface area (Å²) in [5, 5.41) is 9.97. The molecule has 3 heteroatoms. The zero-order chi connectivity index (χ0) is 11.5. The second kappa shape index (κ2) is 4.74. The van der Waals surface area contributed by atoms with Gasteiger partial charge in [0.05, 0.1) is 20.3 Å². The smallest absolute Gasteiger partial charge is 0.126 e. The van der Waals surface area contributed by atoms with E-state index >= 15 is 0 Å². The zero-order valence-corrected chi connectivity index (χ0v) is 9.77. The minimum absolute atomic E-state index is 0.145. The molecule has 1 fully saturated rings. The molecule has 0 saturated heterocycles. The van der Waals surface area contributed by atoms with E-state index < -0.39 is 0 Å². The lowest BCUT2D eigenvalue weighted by molar-refractivity contribution is 0.161. The van der Waals surface area contributed by atoms with Gasteiger partial charge in [0.15, 0.2) is 0 Å². The third-order valence-corrected chi connectivity index (χ3v) is 3.32. The number of rotatable bonds is 3. The Bertz CT molecular complexity index is 340. The van der Waals surface area contributed by atoms with Crippen LogP contribution < -0.4 is 9.47 Å². The summed E-state index contributed by atoms with van der Waals surface area (Å²) in [5.74, 6) is 1.77. The Morgan fingerprint density at radius 3 is 2.19 bits per heavy atom. The third-order valence-electron chi connectivity index (χ3n) is 3.32. The second-order valence-electron chi connectivity index (χ2n) is 4.18. The molecule has 0 amide bonds. The molecule has 1 aromatic rings. The Balaban J connectivity index is 2.43. The van der Waals surface area contributed by atoms with E-state index in [-0.39, 0.29) is 12.0 Å². The first-order valence-electron chi connectivity index (χ1n) is 5.67. The van der Waals surface area contributed by atoms with Gasteiger partial charge >= 0.3 is 0 Å². The zero-order valence-electron chi connectivity index (χ0n) is 9.77. The molecule has 0 aliphatic heterocycles. The molecule has 2 rings (SSSR count). The van der Waals surface area contributed by atoms with E-state index in [4.69, 9.17) is 9.47 Å². The maximum Gasteiger partial charge on any atom is 0.126 e. The van der Waals surface area contributed by atoms with Crippen molar-refractivity contribution in [3.05, 3.63) is 23.8 Å². The highest BCUT2D eigenvalue weighted by molar-refractivity contribution is 5.48. The number of ether oxygens (including phenoxy) is 2. The summed E-state index contributed by atoms with van der Waals surface area (Å²) in [7, 11) is 3.30. The van der Waals surface area contributed by atoms with Gasteiger partial charge in [-0.1, -0.05) is 12.5 Å². The van der Waals surface area contributed by atoms with Gasteiger partial charge in [-0.2, -0.15) is 0 Å². The minimum Gasteiger partial charge on any atom is -0.496 e. The summed E-state index contributed by atoms with van der Waals surface area (Å²) in [5.41, 5.74) is 1.01. The van der Waals surface area contributed by atoms with Gasteiger partial charge in [-0.3, -0.25) is 0 Å². The largest absolute Gasteiger partial charge is 0.496 e. The molecule has 3 nitrogen and oxygen atoms in total. The van der Waals surface area contributed by atoms with E-state index in [2.05, 4.69) is 0 Å². The van der Waals surface area contributed by atoms with E-state index in [1.54, 1.807) is 14.2 Å². The lowest BCUT2D eigenvalue weighted by Gasteiger charge is -2.20. The SMILES string of the molecule is COc1cccc(OC)c1C1CCCC1O. The van der Waals surface area contributed by atoms with Gasteiger partial charge in [0.25, 0.3) is 0 Å². The van der Waals surface area contributed by atoms with Crippen molar-refractivity contribution in [2.24, 2.45) is 0 Å². The quantitative estimate of drug-likeness (QED) is 0.853. The molecule has 2 atom stereocenters. The molecular weight excluding hydrogens is 204 g/mol. The first-order valence-corrected chi connectivity index (χ1v) is 5.67. The Morgan fingerprint density at radius 1 is 1.12 bits per heavy atom. The average molecular weight is 222 g/mol. The summed E-state index contributed by atoms with van der Waals surface area (Å²) in [6.07, 6.45) is 2.65. The molecule has 88 valence electrons. The van der Waals surface area contributed by atoms with E-state index in [1.807, 2.05) is 18.2 Å². The van der Waals surface area contributed by atoms with Gasteiger partial charge in [0.2, 0.25) is 0 Å². The van der Waals surface area contributed by atoms with E-state index in [0.717, 1.165) is 36.3 Å². The topological polar surface area (TPSA) is 38.7 Å². The number of methoxy groups -OCH3 is 2. The molecule has 0 aromatic heterocycles. The van der Waals surface area contributed by atoms with Crippen LogP contribution in [-0.4, -0.2) is 25.4 Å². The van der Waals surface area contributed by atoms with Crippen molar-refractivity contribution in [1.29, 1.82) is 0 Å². The first kappa shape index (κ1) is 11.3. The molecule has 0 bridgehead atoms. The molecule has 0 spiro atoms. The van der Waals surface area contributed by atoms with Crippen molar-refractivity contribution in [2.75, 3.05) is 14.2 Å². The first-order chi connectivity index (χ1) is 7.77. The Morgan fingerprint density at radius 2 is 1.75 bits per heavy atom. The number of hydrogen-bond donors (Lipinski definition) is 1. The molecule has 1 aliphatic carbocycles. The van der Waals surface area contributed by atoms with Crippen LogP contribution in [0.3, 0.4) is 0 Å². The molecule has 1 aromatic carbocycles. The Labute approximate surface area is 96.0 Å². The van der Waals surface area contributed by atoms with Gasteiger partial charge < -0.3 is 14.6 Å². The van der Waals surface area contributed by atoms with Crippen molar-refractivity contribution in [3.63, 3.8) is 0 Å². The minimum atomic E-state index is -0.273. The average Bonchev–Trinajstić information content (AvgIpc) is 2.74. The molecule has 1 N–H and O–H groups in total.